The summed E-state index contributed by atoms with van der Waals surface area (Å²) >= 11 is 1.95. The number of aromatic nitrogens is 1. The molecule has 7 heteroatoms. The standard InChI is InChI=1S/C8H7F3INO2/c1-4-5(12)3-13-7(6(4)14-2)15-8(9,10)11/h3H,1-2H3. The first-order valence-corrected chi connectivity index (χ1v) is 4.88. The predicted molar refractivity (Wildman–Crippen MR) is 54.9 cm³/mol. The molecule has 1 heterocycles. The maximum Gasteiger partial charge on any atom is 0.574 e. The van der Waals surface area contributed by atoms with E-state index in [1.165, 1.54) is 13.3 Å². The van der Waals surface area contributed by atoms with Crippen molar-refractivity contribution in [1.29, 1.82) is 0 Å². The van der Waals surface area contributed by atoms with Crippen LogP contribution in [-0.4, -0.2) is 18.5 Å². The Kier molecular flexibility index (Phi) is 3.63. The molecule has 0 aliphatic heterocycles. The second-order valence-corrected chi connectivity index (χ2v) is 3.78. The molecular weight excluding hydrogens is 326 g/mol. The molecule has 1 aromatic heterocycles. The first-order chi connectivity index (χ1) is 6.85. The van der Waals surface area contributed by atoms with Gasteiger partial charge in [0, 0.05) is 15.3 Å². The van der Waals surface area contributed by atoms with E-state index >= 15 is 0 Å². The number of ether oxygens (including phenoxy) is 2. The van der Waals surface area contributed by atoms with Gasteiger partial charge in [0.05, 0.1) is 7.11 Å². The Bertz CT molecular complexity index is 368. The first kappa shape index (κ1) is 12.3. The number of alkyl halides is 3. The molecule has 0 aliphatic rings. The molecule has 0 fully saturated rings. The van der Waals surface area contributed by atoms with Crippen molar-refractivity contribution in [2.24, 2.45) is 0 Å². The maximum absolute atomic E-state index is 12.0. The summed E-state index contributed by atoms with van der Waals surface area (Å²) in [6, 6.07) is 0. The first-order valence-electron chi connectivity index (χ1n) is 3.80. The van der Waals surface area contributed by atoms with Crippen molar-refractivity contribution in [3.05, 3.63) is 15.3 Å². The topological polar surface area (TPSA) is 31.4 Å². The third kappa shape index (κ3) is 3.11. The highest BCUT2D eigenvalue weighted by Gasteiger charge is 2.33. The van der Waals surface area contributed by atoms with Crippen molar-refractivity contribution in [2.45, 2.75) is 13.3 Å². The Labute approximate surface area is 97.7 Å². The third-order valence-electron chi connectivity index (χ3n) is 1.60. The van der Waals surface area contributed by atoms with Gasteiger partial charge in [-0.15, -0.1) is 13.2 Å². The number of hydrogen-bond acceptors (Lipinski definition) is 3. The molecule has 0 spiro atoms. The van der Waals surface area contributed by atoms with Gasteiger partial charge in [0.2, 0.25) is 0 Å². The highest BCUT2D eigenvalue weighted by atomic mass is 127. The van der Waals surface area contributed by atoms with Gasteiger partial charge in [-0.1, -0.05) is 0 Å². The van der Waals surface area contributed by atoms with E-state index in [-0.39, 0.29) is 5.75 Å². The van der Waals surface area contributed by atoms with Gasteiger partial charge in [-0.2, -0.15) is 0 Å². The fourth-order valence-corrected chi connectivity index (χ4v) is 1.35. The Hall–Kier alpha value is -0.730. The summed E-state index contributed by atoms with van der Waals surface area (Å²) in [6.45, 7) is 1.63. The smallest absolute Gasteiger partial charge is 0.491 e. The molecule has 1 rings (SSSR count). The molecule has 84 valence electrons. The average Bonchev–Trinajstić information content (AvgIpc) is 2.10. The van der Waals surface area contributed by atoms with Crippen LogP contribution in [-0.2, 0) is 0 Å². The lowest BCUT2D eigenvalue weighted by atomic mass is 10.3. The SMILES string of the molecule is COc1c(OC(F)(F)F)ncc(I)c1C. The lowest BCUT2D eigenvalue weighted by molar-refractivity contribution is -0.276. The fourth-order valence-electron chi connectivity index (χ4n) is 0.962. The summed E-state index contributed by atoms with van der Waals surface area (Å²) in [5.41, 5.74) is 0.562. The number of pyridine rings is 1. The van der Waals surface area contributed by atoms with Gasteiger partial charge >= 0.3 is 6.36 Å². The highest BCUT2D eigenvalue weighted by Crippen LogP contribution is 2.34. The van der Waals surface area contributed by atoms with Crippen LogP contribution in [0.3, 0.4) is 0 Å². The summed E-state index contributed by atoms with van der Waals surface area (Å²) in [5.74, 6) is -0.567. The second-order valence-electron chi connectivity index (χ2n) is 2.62. The van der Waals surface area contributed by atoms with Crippen LogP contribution in [0.1, 0.15) is 5.56 Å². The Morgan fingerprint density at radius 3 is 2.47 bits per heavy atom. The zero-order valence-corrected chi connectivity index (χ0v) is 10.0. The van der Waals surface area contributed by atoms with Crippen LogP contribution >= 0.6 is 22.6 Å². The van der Waals surface area contributed by atoms with Gasteiger partial charge in [0.15, 0.2) is 5.75 Å². The zero-order chi connectivity index (χ0) is 11.6. The van der Waals surface area contributed by atoms with Gasteiger partial charge < -0.3 is 9.47 Å². The molecule has 0 bridgehead atoms. The summed E-state index contributed by atoms with van der Waals surface area (Å²) in [6.07, 6.45) is -3.47. The van der Waals surface area contributed by atoms with Crippen molar-refractivity contribution in [3.8, 4) is 11.6 Å². The molecule has 0 amide bonds. The molecule has 0 saturated heterocycles. The Morgan fingerprint density at radius 2 is 2.00 bits per heavy atom. The number of hydrogen-bond donors (Lipinski definition) is 0. The number of methoxy groups -OCH3 is 1. The van der Waals surface area contributed by atoms with E-state index in [1.54, 1.807) is 6.92 Å². The Morgan fingerprint density at radius 1 is 1.40 bits per heavy atom. The Balaban J connectivity index is 3.14. The molecule has 0 radical (unpaired) electrons. The van der Waals surface area contributed by atoms with E-state index in [1.807, 2.05) is 22.6 Å². The van der Waals surface area contributed by atoms with Crippen LogP contribution in [0.5, 0.6) is 11.6 Å². The molecule has 0 saturated carbocycles. The lowest BCUT2D eigenvalue weighted by Crippen LogP contribution is -2.18. The van der Waals surface area contributed by atoms with E-state index in [2.05, 4.69) is 9.72 Å². The molecule has 0 aromatic carbocycles. The third-order valence-corrected chi connectivity index (χ3v) is 2.69. The minimum absolute atomic E-state index is 0.000718. The van der Waals surface area contributed by atoms with Gasteiger partial charge in [-0.25, -0.2) is 4.98 Å². The van der Waals surface area contributed by atoms with Gasteiger partial charge in [0.1, 0.15) is 0 Å². The summed E-state index contributed by atoms with van der Waals surface area (Å²) < 4.78 is 45.1. The summed E-state index contributed by atoms with van der Waals surface area (Å²) in [7, 11) is 1.27. The van der Waals surface area contributed by atoms with Gasteiger partial charge in [-0.05, 0) is 29.5 Å². The quantitative estimate of drug-likeness (QED) is 0.780. The molecular formula is C8H7F3INO2. The molecule has 0 atom stereocenters. The molecule has 0 aliphatic carbocycles. The molecule has 1 aromatic rings. The molecule has 3 nitrogen and oxygen atoms in total. The second kappa shape index (κ2) is 4.42. The van der Waals surface area contributed by atoms with E-state index in [4.69, 9.17) is 4.74 Å². The van der Waals surface area contributed by atoms with E-state index in [0.29, 0.717) is 9.13 Å². The van der Waals surface area contributed by atoms with Crippen molar-refractivity contribution >= 4 is 22.6 Å². The number of halogens is 4. The highest BCUT2D eigenvalue weighted by molar-refractivity contribution is 14.1. The fraction of sp³-hybridized carbons (Fsp3) is 0.375. The minimum Gasteiger partial charge on any atom is -0.491 e. The van der Waals surface area contributed by atoms with Crippen molar-refractivity contribution in [2.75, 3.05) is 7.11 Å². The summed E-state index contributed by atoms with van der Waals surface area (Å²) in [4.78, 5) is 3.52. The zero-order valence-electron chi connectivity index (χ0n) is 7.85. The van der Waals surface area contributed by atoms with Crippen LogP contribution < -0.4 is 9.47 Å². The number of nitrogens with zero attached hydrogens (tertiary/aromatic N) is 1. The van der Waals surface area contributed by atoms with Crippen LogP contribution in [0.15, 0.2) is 6.20 Å². The van der Waals surface area contributed by atoms with Gasteiger partial charge in [-0.3, -0.25) is 0 Å². The predicted octanol–water partition coefficient (Wildman–Crippen LogP) is 2.90. The van der Waals surface area contributed by atoms with Crippen LogP contribution in [0.25, 0.3) is 0 Å². The monoisotopic (exact) mass is 333 g/mol. The van der Waals surface area contributed by atoms with Crippen molar-refractivity contribution in [3.63, 3.8) is 0 Å². The van der Waals surface area contributed by atoms with Crippen LogP contribution in [0.4, 0.5) is 13.2 Å². The summed E-state index contributed by atoms with van der Waals surface area (Å²) in [5, 5.41) is 0. The van der Waals surface area contributed by atoms with E-state index < -0.39 is 12.2 Å². The lowest BCUT2D eigenvalue weighted by Gasteiger charge is -2.13. The van der Waals surface area contributed by atoms with Crippen molar-refractivity contribution in [1.82, 2.24) is 4.98 Å². The molecule has 0 unspecified atom stereocenters. The maximum atomic E-state index is 12.0. The normalized spacial score (nSPS) is 11.3. The van der Waals surface area contributed by atoms with E-state index in [9.17, 15) is 13.2 Å². The molecule has 15 heavy (non-hydrogen) atoms. The largest absolute Gasteiger partial charge is 0.574 e. The van der Waals surface area contributed by atoms with Gasteiger partial charge in [0.25, 0.3) is 5.88 Å². The number of rotatable bonds is 2. The molecule has 0 N–H and O–H groups in total. The van der Waals surface area contributed by atoms with Crippen LogP contribution in [0, 0.1) is 10.5 Å². The van der Waals surface area contributed by atoms with E-state index in [0.717, 1.165) is 0 Å². The van der Waals surface area contributed by atoms with Crippen LogP contribution in [0.2, 0.25) is 0 Å². The minimum atomic E-state index is -4.76. The average molecular weight is 333 g/mol. The van der Waals surface area contributed by atoms with Crippen molar-refractivity contribution < 1.29 is 22.6 Å².